The highest BCUT2D eigenvalue weighted by atomic mass is 32.1. The predicted molar refractivity (Wildman–Crippen MR) is 85.7 cm³/mol. The van der Waals surface area contributed by atoms with Crippen LogP contribution in [0.25, 0.3) is 10.1 Å². The quantitative estimate of drug-likeness (QED) is 0.710. The van der Waals surface area contributed by atoms with Gasteiger partial charge in [0.15, 0.2) is 0 Å². The molecule has 0 unspecified atom stereocenters. The van der Waals surface area contributed by atoms with E-state index in [-0.39, 0.29) is 11.5 Å². The van der Waals surface area contributed by atoms with Crippen LogP contribution in [0.1, 0.15) is 25.7 Å². The van der Waals surface area contributed by atoms with E-state index in [0.29, 0.717) is 20.5 Å². The lowest BCUT2D eigenvalue weighted by Gasteiger charge is -2.06. The molecule has 7 heteroatoms. The zero-order chi connectivity index (χ0) is 16.4. The van der Waals surface area contributed by atoms with Crippen LogP contribution in [0.4, 0.5) is 4.39 Å². The van der Waals surface area contributed by atoms with Gasteiger partial charge in [-0.25, -0.2) is 4.39 Å². The van der Waals surface area contributed by atoms with Gasteiger partial charge in [0.05, 0.1) is 4.88 Å². The fraction of sp³-hybridized carbons (Fsp3) is 0.0625. The van der Waals surface area contributed by atoms with Crippen molar-refractivity contribution in [1.29, 1.82) is 0 Å². The highest BCUT2D eigenvalue weighted by Gasteiger charge is 2.18. The number of benzene rings is 1. The first-order valence-electron chi connectivity index (χ1n) is 6.77. The first kappa shape index (κ1) is 15.1. The van der Waals surface area contributed by atoms with Crippen LogP contribution in [0.5, 0.6) is 0 Å². The second-order valence-corrected chi connectivity index (χ2v) is 5.84. The number of halogens is 1. The highest BCUT2D eigenvalue weighted by Crippen LogP contribution is 2.32. The number of aromatic nitrogens is 1. The van der Waals surface area contributed by atoms with Gasteiger partial charge in [-0.05, 0) is 36.8 Å². The van der Waals surface area contributed by atoms with Gasteiger partial charge in [0.25, 0.3) is 11.8 Å². The van der Waals surface area contributed by atoms with E-state index in [9.17, 15) is 14.0 Å². The van der Waals surface area contributed by atoms with Crippen LogP contribution in [-0.4, -0.2) is 16.8 Å². The zero-order valence-electron chi connectivity index (χ0n) is 12.1. The molecule has 2 amide bonds. The number of pyridine rings is 1. The van der Waals surface area contributed by atoms with Crippen molar-refractivity contribution >= 4 is 33.2 Å². The van der Waals surface area contributed by atoms with E-state index in [0.717, 1.165) is 0 Å². The molecule has 0 bridgehead atoms. The van der Waals surface area contributed by atoms with Crippen LogP contribution in [0.3, 0.4) is 0 Å². The number of fused-ring (bicyclic) bond motifs is 1. The van der Waals surface area contributed by atoms with Crippen molar-refractivity contribution in [2.45, 2.75) is 6.92 Å². The molecular weight excluding hydrogens is 317 g/mol. The fourth-order valence-electron chi connectivity index (χ4n) is 2.20. The fourth-order valence-corrected chi connectivity index (χ4v) is 3.32. The van der Waals surface area contributed by atoms with E-state index >= 15 is 0 Å². The van der Waals surface area contributed by atoms with Gasteiger partial charge in [-0.3, -0.25) is 25.4 Å². The molecule has 1 aromatic carbocycles. The summed E-state index contributed by atoms with van der Waals surface area (Å²) in [6.07, 6.45) is 1.48. The predicted octanol–water partition coefficient (Wildman–Crippen LogP) is 2.82. The minimum absolute atomic E-state index is 0.187. The van der Waals surface area contributed by atoms with Crippen molar-refractivity contribution in [1.82, 2.24) is 15.8 Å². The summed E-state index contributed by atoms with van der Waals surface area (Å²) >= 11 is 1.17. The molecule has 0 aliphatic carbocycles. The smallest absolute Gasteiger partial charge is 0.266 e. The first-order valence-corrected chi connectivity index (χ1v) is 7.59. The second kappa shape index (κ2) is 6.13. The Morgan fingerprint density at radius 1 is 1.09 bits per heavy atom. The third kappa shape index (κ3) is 2.91. The van der Waals surface area contributed by atoms with Crippen LogP contribution in [0, 0.1) is 12.7 Å². The molecule has 0 fully saturated rings. The maximum Gasteiger partial charge on any atom is 0.288 e. The maximum atomic E-state index is 13.9. The summed E-state index contributed by atoms with van der Waals surface area (Å²) < 4.78 is 14.5. The van der Waals surface area contributed by atoms with Gasteiger partial charge in [0.2, 0.25) is 0 Å². The number of hydrazine groups is 1. The van der Waals surface area contributed by atoms with Crippen molar-refractivity contribution in [2.75, 3.05) is 0 Å². The van der Waals surface area contributed by atoms with Crippen molar-refractivity contribution < 1.29 is 14.0 Å². The lowest BCUT2D eigenvalue weighted by atomic mass is 10.1. The molecule has 0 saturated carbocycles. The summed E-state index contributed by atoms with van der Waals surface area (Å²) in [5.74, 6) is -1.39. The Morgan fingerprint density at radius 3 is 2.57 bits per heavy atom. The molecule has 0 spiro atoms. The molecule has 0 saturated heterocycles. The average Bonchev–Trinajstić information content (AvgIpc) is 2.91. The summed E-state index contributed by atoms with van der Waals surface area (Å²) in [5, 5.41) is 0.429. The highest BCUT2D eigenvalue weighted by molar-refractivity contribution is 7.21. The number of thiophene rings is 1. The summed E-state index contributed by atoms with van der Waals surface area (Å²) in [6, 6.07) is 9.58. The number of hydrogen-bond donors (Lipinski definition) is 2. The van der Waals surface area contributed by atoms with Crippen LogP contribution < -0.4 is 10.9 Å². The number of nitrogens with zero attached hydrogens (tertiary/aromatic N) is 1. The Morgan fingerprint density at radius 2 is 1.87 bits per heavy atom. The van der Waals surface area contributed by atoms with E-state index in [4.69, 9.17) is 0 Å². The van der Waals surface area contributed by atoms with Gasteiger partial charge in [-0.15, -0.1) is 11.3 Å². The summed E-state index contributed by atoms with van der Waals surface area (Å²) in [4.78, 5) is 28.3. The molecule has 0 aliphatic heterocycles. The van der Waals surface area contributed by atoms with Gasteiger partial charge >= 0.3 is 0 Å². The molecular formula is C16H12FN3O2S. The molecule has 3 aromatic rings. The normalized spacial score (nSPS) is 10.5. The molecule has 5 nitrogen and oxygen atoms in total. The largest absolute Gasteiger partial charge is 0.288 e. The maximum absolute atomic E-state index is 13.9. The van der Waals surface area contributed by atoms with Crippen molar-refractivity contribution in [2.24, 2.45) is 0 Å². The minimum atomic E-state index is -0.524. The van der Waals surface area contributed by atoms with Crippen LogP contribution in [0.15, 0.2) is 42.6 Å². The standard InChI is InChI=1S/C16H12FN3O2S/c1-9-13-10(17)5-4-7-12(13)23-14(9)16(22)20-19-15(21)11-6-2-3-8-18-11/h2-8H,1H3,(H,19,21)(H,20,22). The monoisotopic (exact) mass is 329 g/mol. The van der Waals surface area contributed by atoms with E-state index in [2.05, 4.69) is 15.8 Å². The summed E-state index contributed by atoms with van der Waals surface area (Å²) in [5.41, 5.74) is 5.36. The number of hydrogen-bond acceptors (Lipinski definition) is 4. The zero-order valence-corrected chi connectivity index (χ0v) is 12.9. The number of amides is 2. The first-order chi connectivity index (χ1) is 11.1. The van der Waals surface area contributed by atoms with Gasteiger partial charge < -0.3 is 0 Å². The number of carbonyl (C=O) groups is 2. The third-order valence-electron chi connectivity index (χ3n) is 3.30. The molecule has 116 valence electrons. The third-order valence-corrected chi connectivity index (χ3v) is 4.55. The molecule has 2 aromatic heterocycles. The molecule has 2 N–H and O–H groups in total. The molecule has 0 atom stereocenters. The number of nitrogens with one attached hydrogen (secondary N) is 2. The minimum Gasteiger partial charge on any atom is -0.266 e. The molecule has 0 aliphatic rings. The van der Waals surface area contributed by atoms with Gasteiger partial charge in [-0.2, -0.15) is 0 Å². The number of aryl methyl sites for hydroxylation is 1. The van der Waals surface area contributed by atoms with E-state index < -0.39 is 11.8 Å². The molecule has 0 radical (unpaired) electrons. The van der Waals surface area contributed by atoms with Crippen molar-refractivity contribution in [3.63, 3.8) is 0 Å². The molecule has 2 heterocycles. The lowest BCUT2D eigenvalue weighted by molar-refractivity contribution is 0.0846. The van der Waals surface area contributed by atoms with Gasteiger partial charge in [-0.1, -0.05) is 12.1 Å². The van der Waals surface area contributed by atoms with Crippen molar-refractivity contribution in [3.05, 3.63) is 64.5 Å². The SMILES string of the molecule is Cc1c(C(=O)NNC(=O)c2ccccn2)sc2cccc(F)c12. The average molecular weight is 329 g/mol. The topological polar surface area (TPSA) is 71.1 Å². The van der Waals surface area contributed by atoms with Gasteiger partial charge in [0, 0.05) is 16.3 Å². The molecule has 23 heavy (non-hydrogen) atoms. The van der Waals surface area contributed by atoms with Crippen LogP contribution in [-0.2, 0) is 0 Å². The molecule has 3 rings (SSSR count). The van der Waals surface area contributed by atoms with E-state index in [1.165, 1.54) is 29.7 Å². The summed E-state index contributed by atoms with van der Waals surface area (Å²) in [7, 11) is 0. The van der Waals surface area contributed by atoms with Crippen LogP contribution in [0.2, 0.25) is 0 Å². The Kier molecular flexibility index (Phi) is 4.03. The second-order valence-electron chi connectivity index (χ2n) is 4.79. The van der Waals surface area contributed by atoms with E-state index in [1.54, 1.807) is 31.2 Å². The van der Waals surface area contributed by atoms with Crippen molar-refractivity contribution in [3.8, 4) is 0 Å². The lowest BCUT2D eigenvalue weighted by Crippen LogP contribution is -2.41. The number of rotatable bonds is 2. The Labute approximate surface area is 135 Å². The summed E-state index contributed by atoms with van der Waals surface area (Å²) in [6.45, 7) is 1.68. The Bertz CT molecular complexity index is 893. The Balaban J connectivity index is 1.78. The van der Waals surface area contributed by atoms with E-state index in [1.807, 2.05) is 0 Å². The number of carbonyl (C=O) groups excluding carboxylic acids is 2. The Hall–Kier alpha value is -2.80. The van der Waals surface area contributed by atoms with Crippen LogP contribution >= 0.6 is 11.3 Å². The van der Waals surface area contributed by atoms with Gasteiger partial charge in [0.1, 0.15) is 11.5 Å².